The Labute approximate surface area is 146 Å². The van der Waals surface area contributed by atoms with Gasteiger partial charge < -0.3 is 24.3 Å². The average Bonchev–Trinajstić information content (AvgIpc) is 3.21. The average molecular weight is 343 g/mol. The van der Waals surface area contributed by atoms with Crippen molar-refractivity contribution >= 4 is 17.5 Å². The number of anilines is 1. The fourth-order valence-corrected chi connectivity index (χ4v) is 2.85. The lowest BCUT2D eigenvalue weighted by Crippen LogP contribution is -2.51. The number of piperazine rings is 1. The highest BCUT2D eigenvalue weighted by Gasteiger charge is 2.23. The van der Waals surface area contributed by atoms with Gasteiger partial charge in [-0.2, -0.15) is 0 Å². The van der Waals surface area contributed by atoms with E-state index in [-0.39, 0.29) is 24.1 Å². The van der Waals surface area contributed by atoms with E-state index in [0.717, 1.165) is 24.5 Å². The van der Waals surface area contributed by atoms with Gasteiger partial charge in [0.1, 0.15) is 5.75 Å². The number of nitrogens with one attached hydrogen (secondary N) is 1. The minimum Gasteiger partial charge on any atom is -0.495 e. The molecule has 0 aliphatic carbocycles. The zero-order valence-electron chi connectivity index (χ0n) is 14.1. The van der Waals surface area contributed by atoms with Gasteiger partial charge >= 0.3 is 0 Å². The summed E-state index contributed by atoms with van der Waals surface area (Å²) in [6.45, 7) is 2.62. The second kappa shape index (κ2) is 7.74. The molecule has 3 rings (SSSR count). The van der Waals surface area contributed by atoms with Crippen molar-refractivity contribution < 1.29 is 18.7 Å². The predicted octanol–water partition coefficient (Wildman–Crippen LogP) is 1.37. The molecule has 0 spiro atoms. The Morgan fingerprint density at radius 3 is 2.56 bits per heavy atom. The highest BCUT2D eigenvalue weighted by Crippen LogP contribution is 2.28. The summed E-state index contributed by atoms with van der Waals surface area (Å²) in [4.78, 5) is 28.0. The van der Waals surface area contributed by atoms with Crippen molar-refractivity contribution in [2.75, 3.05) is 44.7 Å². The number of hydrogen-bond donors (Lipinski definition) is 1. The highest BCUT2D eigenvalue weighted by molar-refractivity contribution is 5.94. The first-order valence-electron chi connectivity index (χ1n) is 8.16. The molecule has 1 aliphatic heterocycles. The molecule has 7 heteroatoms. The Morgan fingerprint density at radius 1 is 1.12 bits per heavy atom. The molecule has 1 aliphatic rings. The van der Waals surface area contributed by atoms with Crippen molar-refractivity contribution in [3.63, 3.8) is 0 Å². The number of methoxy groups -OCH3 is 1. The van der Waals surface area contributed by atoms with E-state index in [1.54, 1.807) is 24.1 Å². The summed E-state index contributed by atoms with van der Waals surface area (Å²) in [6.07, 6.45) is 1.42. The van der Waals surface area contributed by atoms with Gasteiger partial charge in [-0.1, -0.05) is 12.1 Å². The van der Waals surface area contributed by atoms with Gasteiger partial charge in [0.05, 0.1) is 25.6 Å². The van der Waals surface area contributed by atoms with Crippen LogP contribution in [0, 0.1) is 0 Å². The summed E-state index contributed by atoms with van der Waals surface area (Å²) in [6, 6.07) is 11.0. The van der Waals surface area contributed by atoms with Gasteiger partial charge in [-0.3, -0.25) is 9.59 Å². The third kappa shape index (κ3) is 3.93. The van der Waals surface area contributed by atoms with Crippen molar-refractivity contribution in [2.45, 2.75) is 0 Å². The zero-order chi connectivity index (χ0) is 17.6. The summed E-state index contributed by atoms with van der Waals surface area (Å²) in [7, 11) is 1.65. The summed E-state index contributed by atoms with van der Waals surface area (Å²) in [5, 5.41) is 2.59. The quantitative estimate of drug-likeness (QED) is 0.887. The first-order valence-corrected chi connectivity index (χ1v) is 8.16. The molecule has 2 heterocycles. The molecule has 2 amide bonds. The Balaban J connectivity index is 1.50. The molecule has 0 unspecified atom stereocenters. The number of rotatable bonds is 5. The first-order chi connectivity index (χ1) is 12.2. The number of ether oxygens (including phenoxy) is 1. The number of amides is 2. The van der Waals surface area contributed by atoms with Gasteiger partial charge in [-0.25, -0.2) is 0 Å². The van der Waals surface area contributed by atoms with Crippen LogP contribution in [0.2, 0.25) is 0 Å². The van der Waals surface area contributed by atoms with Gasteiger partial charge in [0.15, 0.2) is 5.76 Å². The number of carbonyl (C=O) groups excluding carboxylic acids is 2. The number of carbonyl (C=O) groups is 2. The Kier molecular flexibility index (Phi) is 5.23. The van der Waals surface area contributed by atoms with Crippen LogP contribution in [0.4, 0.5) is 5.69 Å². The maximum absolute atomic E-state index is 12.3. The highest BCUT2D eigenvalue weighted by atomic mass is 16.5. The van der Waals surface area contributed by atoms with Gasteiger partial charge in [0.25, 0.3) is 5.91 Å². The minimum atomic E-state index is -0.383. The number of hydrogen-bond acceptors (Lipinski definition) is 5. The fraction of sp³-hybridized carbons (Fsp3) is 0.333. The molecule has 7 nitrogen and oxygen atoms in total. The van der Waals surface area contributed by atoms with Crippen LogP contribution in [0.15, 0.2) is 47.1 Å². The summed E-state index contributed by atoms with van der Waals surface area (Å²) in [5.74, 6) is 0.548. The van der Waals surface area contributed by atoms with Gasteiger partial charge in [0, 0.05) is 26.2 Å². The van der Waals surface area contributed by atoms with Crippen LogP contribution in [-0.2, 0) is 4.79 Å². The minimum absolute atomic E-state index is 0.0335. The molecule has 25 heavy (non-hydrogen) atoms. The first kappa shape index (κ1) is 16.9. The van der Waals surface area contributed by atoms with Crippen LogP contribution < -0.4 is 15.0 Å². The lowest BCUT2D eigenvalue weighted by atomic mass is 10.2. The standard InChI is InChI=1S/C18H21N3O4/c1-24-15-6-3-2-5-14(15)20-8-10-21(11-9-20)17(22)13-19-18(23)16-7-4-12-25-16/h2-7,12H,8-11,13H2,1H3,(H,19,23). The van der Waals surface area contributed by atoms with E-state index in [4.69, 9.17) is 9.15 Å². The Hall–Kier alpha value is -2.96. The number of benzene rings is 1. The molecule has 1 fully saturated rings. The number of para-hydroxylation sites is 2. The van der Waals surface area contributed by atoms with Crippen molar-refractivity contribution in [1.29, 1.82) is 0 Å². The predicted molar refractivity (Wildman–Crippen MR) is 92.8 cm³/mol. The van der Waals surface area contributed by atoms with Crippen molar-refractivity contribution in [3.05, 3.63) is 48.4 Å². The van der Waals surface area contributed by atoms with Crippen LogP contribution in [0.25, 0.3) is 0 Å². The SMILES string of the molecule is COc1ccccc1N1CCN(C(=O)CNC(=O)c2ccco2)CC1. The number of nitrogens with zero attached hydrogens (tertiary/aromatic N) is 2. The number of furan rings is 1. The maximum Gasteiger partial charge on any atom is 0.287 e. The van der Waals surface area contributed by atoms with E-state index >= 15 is 0 Å². The zero-order valence-corrected chi connectivity index (χ0v) is 14.1. The lowest BCUT2D eigenvalue weighted by molar-refractivity contribution is -0.130. The van der Waals surface area contributed by atoms with E-state index in [2.05, 4.69) is 10.2 Å². The Bertz CT molecular complexity index is 722. The molecular formula is C18H21N3O4. The van der Waals surface area contributed by atoms with E-state index in [1.165, 1.54) is 6.26 Å². The molecule has 0 radical (unpaired) electrons. The van der Waals surface area contributed by atoms with Crippen LogP contribution in [0.3, 0.4) is 0 Å². The van der Waals surface area contributed by atoms with Gasteiger partial charge in [-0.05, 0) is 24.3 Å². The molecule has 0 saturated carbocycles. The molecule has 1 N–H and O–H groups in total. The van der Waals surface area contributed by atoms with Crippen LogP contribution in [0.1, 0.15) is 10.6 Å². The molecule has 2 aromatic rings. The van der Waals surface area contributed by atoms with Crippen LogP contribution in [-0.4, -0.2) is 56.5 Å². The third-order valence-corrected chi connectivity index (χ3v) is 4.20. The van der Waals surface area contributed by atoms with E-state index in [1.807, 2.05) is 24.3 Å². The second-order valence-electron chi connectivity index (χ2n) is 5.70. The van der Waals surface area contributed by atoms with Gasteiger partial charge in [0.2, 0.25) is 5.91 Å². The van der Waals surface area contributed by atoms with E-state index in [9.17, 15) is 9.59 Å². The smallest absolute Gasteiger partial charge is 0.287 e. The van der Waals surface area contributed by atoms with Crippen molar-refractivity contribution in [1.82, 2.24) is 10.2 Å². The molecule has 0 atom stereocenters. The molecular weight excluding hydrogens is 322 g/mol. The fourth-order valence-electron chi connectivity index (χ4n) is 2.85. The van der Waals surface area contributed by atoms with Crippen molar-refractivity contribution in [2.24, 2.45) is 0 Å². The lowest BCUT2D eigenvalue weighted by Gasteiger charge is -2.36. The molecule has 1 saturated heterocycles. The normalized spacial score (nSPS) is 14.3. The van der Waals surface area contributed by atoms with E-state index in [0.29, 0.717) is 13.1 Å². The summed E-state index contributed by atoms with van der Waals surface area (Å²) >= 11 is 0. The van der Waals surface area contributed by atoms with Crippen molar-refractivity contribution in [3.8, 4) is 5.75 Å². The summed E-state index contributed by atoms with van der Waals surface area (Å²) < 4.78 is 10.4. The summed E-state index contributed by atoms with van der Waals surface area (Å²) in [5.41, 5.74) is 1.03. The second-order valence-corrected chi connectivity index (χ2v) is 5.70. The maximum atomic E-state index is 12.3. The largest absolute Gasteiger partial charge is 0.495 e. The topological polar surface area (TPSA) is 75.0 Å². The third-order valence-electron chi connectivity index (χ3n) is 4.20. The monoisotopic (exact) mass is 343 g/mol. The van der Waals surface area contributed by atoms with E-state index < -0.39 is 0 Å². The molecule has 0 bridgehead atoms. The molecule has 132 valence electrons. The van der Waals surface area contributed by atoms with Crippen LogP contribution in [0.5, 0.6) is 5.75 Å². The molecule has 1 aromatic carbocycles. The van der Waals surface area contributed by atoms with Crippen LogP contribution >= 0.6 is 0 Å². The molecule has 1 aromatic heterocycles. The van der Waals surface area contributed by atoms with Gasteiger partial charge in [-0.15, -0.1) is 0 Å². The Morgan fingerprint density at radius 2 is 1.88 bits per heavy atom.